The number of halogens is 1. The zero-order chi connectivity index (χ0) is 14.1. The summed E-state index contributed by atoms with van der Waals surface area (Å²) >= 11 is 0. The molecule has 0 bridgehead atoms. The molecular weight excluding hydrogens is 365 g/mol. The average Bonchev–Trinajstić information content (AvgIpc) is 2.39. The summed E-state index contributed by atoms with van der Waals surface area (Å²) in [4.78, 5) is 4.27. The number of hydrogen-bond donors (Lipinski definition) is 2. The molecule has 0 aliphatic rings. The molecule has 0 heterocycles. The molecule has 1 aromatic carbocycles. The van der Waals surface area contributed by atoms with Crippen LogP contribution in [0.3, 0.4) is 0 Å². The fourth-order valence-corrected chi connectivity index (χ4v) is 1.56. The first-order valence-electron chi connectivity index (χ1n) is 6.89. The molecule has 1 rings (SSSR count). The van der Waals surface area contributed by atoms with E-state index in [4.69, 9.17) is 10.5 Å². The van der Waals surface area contributed by atoms with Crippen LogP contribution < -0.4 is 15.8 Å². The standard InChI is InChI=1S/C15H25N3O.HI/c1-4-5-10-17-15(16)18-11-13(3)19-14-8-6-12(2)7-9-14;/h6-9,13H,4-5,10-11H2,1-3H3,(H3,16,17,18);1H. The summed E-state index contributed by atoms with van der Waals surface area (Å²) < 4.78 is 5.75. The molecule has 0 aromatic heterocycles. The summed E-state index contributed by atoms with van der Waals surface area (Å²) in [7, 11) is 0. The number of aryl methyl sites for hydroxylation is 1. The summed E-state index contributed by atoms with van der Waals surface area (Å²) in [5.74, 6) is 1.36. The lowest BCUT2D eigenvalue weighted by Crippen LogP contribution is -2.33. The normalized spacial score (nSPS) is 12.4. The Balaban J connectivity index is 0.00000361. The van der Waals surface area contributed by atoms with E-state index >= 15 is 0 Å². The number of unbranched alkanes of at least 4 members (excludes halogenated alkanes) is 1. The van der Waals surface area contributed by atoms with Crippen molar-refractivity contribution in [1.29, 1.82) is 0 Å². The summed E-state index contributed by atoms with van der Waals surface area (Å²) in [6, 6.07) is 8.01. The van der Waals surface area contributed by atoms with E-state index in [0.29, 0.717) is 12.5 Å². The molecule has 0 fully saturated rings. The molecule has 0 radical (unpaired) electrons. The van der Waals surface area contributed by atoms with Gasteiger partial charge < -0.3 is 15.8 Å². The Hall–Kier alpha value is -0.980. The quantitative estimate of drug-likeness (QED) is 0.325. The molecule has 1 atom stereocenters. The highest BCUT2D eigenvalue weighted by atomic mass is 127. The third kappa shape index (κ3) is 8.24. The lowest BCUT2D eigenvalue weighted by atomic mass is 10.2. The molecule has 5 heteroatoms. The molecule has 0 saturated carbocycles. The van der Waals surface area contributed by atoms with Gasteiger partial charge in [-0.25, -0.2) is 4.99 Å². The van der Waals surface area contributed by atoms with E-state index < -0.39 is 0 Å². The third-order valence-electron chi connectivity index (χ3n) is 2.71. The van der Waals surface area contributed by atoms with Crippen molar-refractivity contribution in [1.82, 2.24) is 5.32 Å². The maximum atomic E-state index is 5.76. The van der Waals surface area contributed by atoms with Gasteiger partial charge in [-0.1, -0.05) is 31.0 Å². The second-order valence-electron chi connectivity index (χ2n) is 4.75. The number of benzene rings is 1. The van der Waals surface area contributed by atoms with E-state index in [2.05, 4.69) is 24.2 Å². The van der Waals surface area contributed by atoms with Crippen molar-refractivity contribution in [3.8, 4) is 5.75 Å². The van der Waals surface area contributed by atoms with Crippen LogP contribution in [0.15, 0.2) is 29.3 Å². The molecule has 0 amide bonds. The second-order valence-corrected chi connectivity index (χ2v) is 4.75. The Morgan fingerprint density at radius 2 is 2.00 bits per heavy atom. The number of hydrogen-bond acceptors (Lipinski definition) is 2. The van der Waals surface area contributed by atoms with E-state index in [0.717, 1.165) is 25.1 Å². The lowest BCUT2D eigenvalue weighted by Gasteiger charge is -2.13. The Morgan fingerprint density at radius 1 is 1.35 bits per heavy atom. The average molecular weight is 391 g/mol. The maximum absolute atomic E-state index is 5.76. The molecule has 20 heavy (non-hydrogen) atoms. The van der Waals surface area contributed by atoms with E-state index in [1.807, 2.05) is 31.2 Å². The second kappa shape index (κ2) is 10.8. The summed E-state index contributed by atoms with van der Waals surface area (Å²) in [6.45, 7) is 7.62. The van der Waals surface area contributed by atoms with Crippen LogP contribution in [0.4, 0.5) is 0 Å². The Bertz CT molecular complexity index is 393. The number of ether oxygens (including phenoxy) is 1. The molecule has 3 N–H and O–H groups in total. The highest BCUT2D eigenvalue weighted by Crippen LogP contribution is 2.13. The van der Waals surface area contributed by atoms with E-state index in [1.165, 1.54) is 5.56 Å². The van der Waals surface area contributed by atoms with Crippen molar-refractivity contribution in [3.63, 3.8) is 0 Å². The first kappa shape index (κ1) is 19.0. The van der Waals surface area contributed by atoms with Crippen LogP contribution in [0, 0.1) is 6.92 Å². The van der Waals surface area contributed by atoms with Crippen molar-refractivity contribution in [2.75, 3.05) is 13.1 Å². The third-order valence-corrected chi connectivity index (χ3v) is 2.71. The van der Waals surface area contributed by atoms with Crippen LogP contribution in [0.5, 0.6) is 5.75 Å². The maximum Gasteiger partial charge on any atom is 0.188 e. The first-order chi connectivity index (χ1) is 9.11. The van der Waals surface area contributed by atoms with Crippen LogP contribution in [-0.4, -0.2) is 25.2 Å². The minimum Gasteiger partial charge on any atom is -0.489 e. The number of rotatable bonds is 7. The number of guanidine groups is 1. The van der Waals surface area contributed by atoms with Gasteiger partial charge in [0.25, 0.3) is 0 Å². The number of nitrogens with one attached hydrogen (secondary N) is 1. The van der Waals surface area contributed by atoms with Gasteiger partial charge in [0, 0.05) is 6.54 Å². The molecule has 0 aliphatic carbocycles. The van der Waals surface area contributed by atoms with Crippen LogP contribution in [-0.2, 0) is 0 Å². The minimum atomic E-state index is 0. The summed E-state index contributed by atoms with van der Waals surface area (Å²) in [6.07, 6.45) is 2.26. The largest absolute Gasteiger partial charge is 0.489 e. The monoisotopic (exact) mass is 391 g/mol. The van der Waals surface area contributed by atoms with E-state index in [9.17, 15) is 0 Å². The van der Waals surface area contributed by atoms with Gasteiger partial charge in [0.15, 0.2) is 5.96 Å². The number of aliphatic imine (C=N–C) groups is 1. The van der Waals surface area contributed by atoms with Crippen molar-refractivity contribution >= 4 is 29.9 Å². The topological polar surface area (TPSA) is 59.6 Å². The highest BCUT2D eigenvalue weighted by molar-refractivity contribution is 14.0. The fraction of sp³-hybridized carbons (Fsp3) is 0.533. The van der Waals surface area contributed by atoms with Gasteiger partial charge in [0.1, 0.15) is 11.9 Å². The Morgan fingerprint density at radius 3 is 2.60 bits per heavy atom. The van der Waals surface area contributed by atoms with Crippen molar-refractivity contribution in [2.45, 2.75) is 39.7 Å². The SMILES string of the molecule is CCCCNC(N)=NCC(C)Oc1ccc(C)cc1.I. The van der Waals surface area contributed by atoms with Gasteiger partial charge in [-0.2, -0.15) is 0 Å². The highest BCUT2D eigenvalue weighted by Gasteiger charge is 2.03. The van der Waals surface area contributed by atoms with Crippen LogP contribution in [0.2, 0.25) is 0 Å². The van der Waals surface area contributed by atoms with Crippen molar-refractivity contribution in [2.24, 2.45) is 10.7 Å². The zero-order valence-electron chi connectivity index (χ0n) is 12.6. The van der Waals surface area contributed by atoms with Crippen LogP contribution in [0.1, 0.15) is 32.3 Å². The van der Waals surface area contributed by atoms with Crippen LogP contribution in [0.25, 0.3) is 0 Å². The molecule has 4 nitrogen and oxygen atoms in total. The molecule has 0 aliphatic heterocycles. The van der Waals surface area contributed by atoms with Gasteiger partial charge in [-0.05, 0) is 32.4 Å². The number of nitrogens with zero attached hydrogens (tertiary/aromatic N) is 1. The molecule has 1 aromatic rings. The summed E-state index contributed by atoms with van der Waals surface area (Å²) in [5, 5.41) is 3.08. The smallest absolute Gasteiger partial charge is 0.188 e. The van der Waals surface area contributed by atoms with Gasteiger partial charge in [0.05, 0.1) is 6.54 Å². The Kier molecular flexibility index (Phi) is 10.2. The predicted molar refractivity (Wildman–Crippen MR) is 96.1 cm³/mol. The van der Waals surface area contributed by atoms with Gasteiger partial charge in [-0.3, -0.25) is 0 Å². The van der Waals surface area contributed by atoms with Crippen molar-refractivity contribution < 1.29 is 4.74 Å². The number of nitrogens with two attached hydrogens (primary N) is 1. The molecule has 114 valence electrons. The molecule has 0 spiro atoms. The first-order valence-corrected chi connectivity index (χ1v) is 6.89. The van der Waals surface area contributed by atoms with Crippen LogP contribution >= 0.6 is 24.0 Å². The molecular formula is C15H26IN3O. The van der Waals surface area contributed by atoms with Gasteiger partial charge >= 0.3 is 0 Å². The fourth-order valence-electron chi connectivity index (χ4n) is 1.56. The molecule has 1 unspecified atom stereocenters. The Labute approximate surface area is 139 Å². The summed E-state index contributed by atoms with van der Waals surface area (Å²) in [5.41, 5.74) is 6.98. The van der Waals surface area contributed by atoms with E-state index in [-0.39, 0.29) is 30.1 Å². The van der Waals surface area contributed by atoms with Gasteiger partial charge in [-0.15, -0.1) is 24.0 Å². The zero-order valence-corrected chi connectivity index (χ0v) is 14.9. The van der Waals surface area contributed by atoms with Crippen molar-refractivity contribution in [3.05, 3.63) is 29.8 Å². The predicted octanol–water partition coefficient (Wildman–Crippen LogP) is 3.08. The molecule has 0 saturated heterocycles. The lowest BCUT2D eigenvalue weighted by molar-refractivity contribution is 0.230. The van der Waals surface area contributed by atoms with E-state index in [1.54, 1.807) is 0 Å². The van der Waals surface area contributed by atoms with Gasteiger partial charge in [0.2, 0.25) is 0 Å². The minimum absolute atomic E-state index is 0.